The number of benzene rings is 2. The molecule has 2 aliphatic rings. The van der Waals surface area contributed by atoms with Gasteiger partial charge >= 0.3 is 0 Å². The van der Waals surface area contributed by atoms with E-state index in [1.54, 1.807) is 0 Å². The van der Waals surface area contributed by atoms with Crippen LogP contribution >= 0.6 is 0 Å². The topological polar surface area (TPSA) is 72.5 Å². The Hall–Kier alpha value is -1.92. The van der Waals surface area contributed by atoms with Gasteiger partial charge in [-0.15, -0.1) is 0 Å². The summed E-state index contributed by atoms with van der Waals surface area (Å²) < 4.78 is 29.5. The number of ether oxygens (including phenoxy) is 1. The molecular weight excluding hydrogens is 350 g/mol. The molecule has 0 saturated carbocycles. The number of hydrogen-bond acceptors (Lipinski definition) is 4. The minimum absolute atomic E-state index is 0.0238. The molecule has 0 radical (unpaired) electrons. The van der Waals surface area contributed by atoms with Crippen molar-refractivity contribution in [2.45, 2.75) is 37.3 Å². The number of hydrogen-bond donors (Lipinski definition) is 1. The molecule has 2 aromatic carbocycles. The van der Waals surface area contributed by atoms with Crippen LogP contribution in [0.3, 0.4) is 0 Å². The Morgan fingerprint density at radius 1 is 1.19 bits per heavy atom. The van der Waals surface area contributed by atoms with Gasteiger partial charge in [-0.3, -0.25) is 4.79 Å². The number of nitrogens with one attached hydrogen (secondary N) is 1. The van der Waals surface area contributed by atoms with Crippen LogP contribution in [0.4, 0.5) is 0 Å². The number of carbonyl (C=O) groups is 1. The van der Waals surface area contributed by atoms with E-state index >= 15 is 0 Å². The third-order valence-electron chi connectivity index (χ3n) is 5.44. The highest BCUT2D eigenvalue weighted by atomic mass is 32.2. The maximum absolute atomic E-state index is 12.6. The van der Waals surface area contributed by atoms with E-state index in [4.69, 9.17) is 4.74 Å². The highest BCUT2D eigenvalue weighted by molar-refractivity contribution is 7.91. The van der Waals surface area contributed by atoms with Crippen LogP contribution < -0.4 is 5.32 Å². The van der Waals surface area contributed by atoms with E-state index < -0.39 is 15.4 Å². The minimum atomic E-state index is -3.02. The van der Waals surface area contributed by atoms with Crippen molar-refractivity contribution >= 4 is 26.5 Å². The summed E-state index contributed by atoms with van der Waals surface area (Å²) in [5.74, 6) is 0.239. The second-order valence-electron chi connectivity index (χ2n) is 7.45. The minimum Gasteiger partial charge on any atom is -0.374 e. The summed E-state index contributed by atoms with van der Waals surface area (Å²) in [6.45, 7) is 0.495. The van der Waals surface area contributed by atoms with Gasteiger partial charge in [-0.1, -0.05) is 42.5 Å². The molecule has 2 heterocycles. The Balaban J connectivity index is 1.43. The normalized spacial score (nSPS) is 27.6. The molecule has 2 saturated heterocycles. The standard InChI is InChI=1S/C20H23NO4S/c22-19(12-16-6-3-5-15-4-1-2-7-18(15)16)21-17-8-10-25-20(13-17)9-11-26(23,24)14-20/h1-7,17H,8-14H2,(H,21,22)/t17-,20+/m0/s1. The molecule has 0 bridgehead atoms. The average molecular weight is 373 g/mol. The Bertz CT molecular complexity index is 934. The second kappa shape index (κ2) is 6.67. The van der Waals surface area contributed by atoms with E-state index in [9.17, 15) is 13.2 Å². The predicted molar refractivity (Wildman–Crippen MR) is 101 cm³/mol. The number of carbonyl (C=O) groups excluding carboxylic acids is 1. The molecule has 5 nitrogen and oxygen atoms in total. The van der Waals surface area contributed by atoms with Crippen LogP contribution in [0.15, 0.2) is 42.5 Å². The van der Waals surface area contributed by atoms with Crippen LogP contribution in [0.2, 0.25) is 0 Å². The van der Waals surface area contributed by atoms with Crippen molar-refractivity contribution in [3.05, 3.63) is 48.0 Å². The van der Waals surface area contributed by atoms with E-state index in [2.05, 4.69) is 5.32 Å². The molecule has 4 rings (SSSR count). The summed E-state index contributed by atoms with van der Waals surface area (Å²) in [4.78, 5) is 12.6. The van der Waals surface area contributed by atoms with Crippen molar-refractivity contribution in [1.82, 2.24) is 5.32 Å². The molecular formula is C20H23NO4S. The fraction of sp³-hybridized carbons (Fsp3) is 0.450. The van der Waals surface area contributed by atoms with Gasteiger partial charge in [-0.25, -0.2) is 8.42 Å². The lowest BCUT2D eigenvalue weighted by Gasteiger charge is -2.37. The van der Waals surface area contributed by atoms with Crippen molar-refractivity contribution in [1.29, 1.82) is 0 Å². The Morgan fingerprint density at radius 3 is 2.81 bits per heavy atom. The maximum Gasteiger partial charge on any atom is 0.224 e. The van der Waals surface area contributed by atoms with Crippen molar-refractivity contribution in [3.8, 4) is 0 Å². The summed E-state index contributed by atoms with van der Waals surface area (Å²) in [5.41, 5.74) is 0.403. The van der Waals surface area contributed by atoms with Gasteiger partial charge in [-0.05, 0) is 35.6 Å². The summed E-state index contributed by atoms with van der Waals surface area (Å²) in [7, 11) is -3.02. The van der Waals surface area contributed by atoms with Crippen LogP contribution in [0.25, 0.3) is 10.8 Å². The molecule has 0 unspecified atom stereocenters. The molecule has 6 heteroatoms. The van der Waals surface area contributed by atoms with Crippen molar-refractivity contribution in [2.24, 2.45) is 0 Å². The van der Waals surface area contributed by atoms with E-state index in [0.29, 0.717) is 25.9 Å². The first-order valence-electron chi connectivity index (χ1n) is 9.05. The van der Waals surface area contributed by atoms with E-state index in [0.717, 1.165) is 22.8 Å². The lowest BCUT2D eigenvalue weighted by Crippen LogP contribution is -2.49. The van der Waals surface area contributed by atoms with Gasteiger partial charge in [0.2, 0.25) is 5.91 Å². The zero-order valence-corrected chi connectivity index (χ0v) is 15.4. The third-order valence-corrected chi connectivity index (χ3v) is 7.23. The van der Waals surface area contributed by atoms with E-state index in [1.807, 2.05) is 42.5 Å². The van der Waals surface area contributed by atoms with Crippen molar-refractivity contribution in [3.63, 3.8) is 0 Å². The largest absolute Gasteiger partial charge is 0.374 e. The first kappa shape index (κ1) is 17.5. The van der Waals surface area contributed by atoms with Gasteiger partial charge in [0.1, 0.15) is 0 Å². The molecule has 1 N–H and O–H groups in total. The number of rotatable bonds is 3. The average Bonchev–Trinajstić information content (AvgIpc) is 2.89. The van der Waals surface area contributed by atoms with Gasteiger partial charge in [0, 0.05) is 12.6 Å². The SMILES string of the molecule is O=C(Cc1cccc2ccccc12)N[C@H]1CCO[C@]2(CCS(=O)(=O)C2)C1. The fourth-order valence-corrected chi connectivity index (χ4v) is 6.19. The van der Waals surface area contributed by atoms with Crippen LogP contribution in [-0.2, 0) is 25.8 Å². The van der Waals surface area contributed by atoms with E-state index in [-0.39, 0.29) is 23.5 Å². The Kier molecular flexibility index (Phi) is 4.49. The highest BCUT2D eigenvalue weighted by Gasteiger charge is 2.46. The molecule has 2 atom stereocenters. The molecule has 2 fully saturated rings. The first-order valence-corrected chi connectivity index (χ1v) is 10.9. The maximum atomic E-state index is 12.6. The van der Waals surface area contributed by atoms with Crippen molar-refractivity contribution in [2.75, 3.05) is 18.1 Å². The molecule has 138 valence electrons. The Morgan fingerprint density at radius 2 is 2.00 bits per heavy atom. The molecule has 1 amide bonds. The second-order valence-corrected chi connectivity index (χ2v) is 9.63. The summed E-state index contributed by atoms with van der Waals surface area (Å²) >= 11 is 0. The van der Waals surface area contributed by atoms with Gasteiger partial charge in [0.25, 0.3) is 0 Å². The predicted octanol–water partition coefficient (Wildman–Crippen LogP) is 2.23. The number of fused-ring (bicyclic) bond motifs is 1. The quantitative estimate of drug-likeness (QED) is 0.896. The highest BCUT2D eigenvalue weighted by Crippen LogP contribution is 2.35. The smallest absolute Gasteiger partial charge is 0.224 e. The van der Waals surface area contributed by atoms with Crippen LogP contribution in [0.5, 0.6) is 0 Å². The van der Waals surface area contributed by atoms with Crippen LogP contribution in [0, 0.1) is 0 Å². The fourth-order valence-electron chi connectivity index (χ4n) is 4.21. The summed E-state index contributed by atoms with van der Waals surface area (Å²) in [6, 6.07) is 14.0. The molecule has 2 aliphatic heterocycles. The lowest BCUT2D eigenvalue weighted by atomic mass is 9.89. The van der Waals surface area contributed by atoms with Gasteiger partial charge in [0.05, 0.1) is 23.5 Å². The molecule has 0 aliphatic carbocycles. The van der Waals surface area contributed by atoms with Gasteiger partial charge < -0.3 is 10.1 Å². The van der Waals surface area contributed by atoms with Crippen molar-refractivity contribution < 1.29 is 17.9 Å². The lowest BCUT2D eigenvalue weighted by molar-refractivity contribution is -0.123. The molecule has 1 spiro atoms. The third kappa shape index (κ3) is 3.62. The van der Waals surface area contributed by atoms with E-state index in [1.165, 1.54) is 0 Å². The number of amides is 1. The monoisotopic (exact) mass is 373 g/mol. The van der Waals surface area contributed by atoms with Crippen LogP contribution in [0.1, 0.15) is 24.8 Å². The zero-order chi connectivity index (χ0) is 18.2. The zero-order valence-electron chi connectivity index (χ0n) is 14.6. The van der Waals surface area contributed by atoms with Crippen LogP contribution in [-0.4, -0.2) is 44.1 Å². The van der Waals surface area contributed by atoms with Gasteiger partial charge in [0.15, 0.2) is 9.84 Å². The number of sulfone groups is 1. The molecule has 2 aromatic rings. The summed E-state index contributed by atoms with van der Waals surface area (Å²) in [6.07, 6.45) is 2.16. The summed E-state index contributed by atoms with van der Waals surface area (Å²) in [5, 5.41) is 5.31. The molecule has 26 heavy (non-hydrogen) atoms. The van der Waals surface area contributed by atoms with Gasteiger partial charge in [-0.2, -0.15) is 0 Å². The molecule has 0 aromatic heterocycles. The first-order chi connectivity index (χ1) is 12.4. The Labute approximate surface area is 153 Å².